The van der Waals surface area contributed by atoms with Crippen LogP contribution < -0.4 is 5.32 Å². The van der Waals surface area contributed by atoms with Gasteiger partial charge in [0.2, 0.25) is 5.95 Å². The van der Waals surface area contributed by atoms with Crippen molar-refractivity contribution in [2.24, 2.45) is 0 Å². The molecule has 1 atom stereocenters. The average Bonchev–Trinajstić information content (AvgIpc) is 2.53. The predicted octanol–water partition coefficient (Wildman–Crippen LogP) is 3.85. The summed E-state index contributed by atoms with van der Waals surface area (Å²) in [6.45, 7) is 3.02. The van der Waals surface area contributed by atoms with E-state index in [0.717, 1.165) is 17.4 Å². The summed E-state index contributed by atoms with van der Waals surface area (Å²) in [5, 5.41) is 4.38. The first-order valence-electron chi connectivity index (χ1n) is 6.83. The van der Waals surface area contributed by atoms with E-state index in [4.69, 9.17) is 0 Å². The maximum Gasteiger partial charge on any atom is 0.223 e. The Bertz CT molecular complexity index is 695. The lowest BCUT2D eigenvalue weighted by Gasteiger charge is -2.13. The molecule has 0 saturated heterocycles. The van der Waals surface area contributed by atoms with Crippen LogP contribution in [0, 0.1) is 0 Å². The standard InChI is InChI=1S/C17H17N3/c1-13(14-7-3-2-4-8-14)11-18-17-19-12-15-9-5-6-10-16(15)20-17/h2-10,12-13H,11H2,1H3,(H,18,19,20). The first kappa shape index (κ1) is 12.6. The fourth-order valence-corrected chi connectivity index (χ4v) is 2.20. The van der Waals surface area contributed by atoms with Gasteiger partial charge in [-0.1, -0.05) is 55.5 Å². The molecule has 1 heterocycles. The first-order valence-corrected chi connectivity index (χ1v) is 6.83. The maximum atomic E-state index is 4.52. The van der Waals surface area contributed by atoms with E-state index in [9.17, 15) is 0 Å². The molecule has 0 radical (unpaired) electrons. The van der Waals surface area contributed by atoms with Crippen LogP contribution in [0.25, 0.3) is 10.9 Å². The van der Waals surface area contributed by atoms with Crippen LogP contribution in [-0.2, 0) is 0 Å². The van der Waals surface area contributed by atoms with E-state index in [2.05, 4.69) is 46.5 Å². The highest BCUT2D eigenvalue weighted by atomic mass is 15.1. The quantitative estimate of drug-likeness (QED) is 0.777. The van der Waals surface area contributed by atoms with Gasteiger partial charge in [-0.25, -0.2) is 9.97 Å². The van der Waals surface area contributed by atoms with Crippen LogP contribution in [0.2, 0.25) is 0 Å². The summed E-state index contributed by atoms with van der Waals surface area (Å²) in [4.78, 5) is 8.87. The highest BCUT2D eigenvalue weighted by Crippen LogP contribution is 2.16. The second-order valence-electron chi connectivity index (χ2n) is 4.95. The SMILES string of the molecule is CC(CNc1ncc2ccccc2n1)c1ccccc1. The summed E-state index contributed by atoms with van der Waals surface area (Å²) in [5.41, 5.74) is 2.29. The van der Waals surface area contributed by atoms with Crippen molar-refractivity contribution in [2.45, 2.75) is 12.8 Å². The van der Waals surface area contributed by atoms with Crippen molar-refractivity contribution in [1.82, 2.24) is 9.97 Å². The van der Waals surface area contributed by atoms with Crippen LogP contribution in [-0.4, -0.2) is 16.5 Å². The van der Waals surface area contributed by atoms with Gasteiger partial charge in [0.25, 0.3) is 0 Å². The smallest absolute Gasteiger partial charge is 0.223 e. The van der Waals surface area contributed by atoms with E-state index in [0.29, 0.717) is 11.9 Å². The Morgan fingerprint density at radius 2 is 1.75 bits per heavy atom. The van der Waals surface area contributed by atoms with E-state index < -0.39 is 0 Å². The minimum absolute atomic E-state index is 0.422. The van der Waals surface area contributed by atoms with Gasteiger partial charge in [-0.2, -0.15) is 0 Å². The number of aromatic nitrogens is 2. The number of fused-ring (bicyclic) bond motifs is 1. The molecule has 20 heavy (non-hydrogen) atoms. The zero-order valence-corrected chi connectivity index (χ0v) is 11.5. The van der Waals surface area contributed by atoms with Crippen LogP contribution in [0.1, 0.15) is 18.4 Å². The van der Waals surface area contributed by atoms with Gasteiger partial charge in [-0.05, 0) is 17.5 Å². The van der Waals surface area contributed by atoms with E-state index >= 15 is 0 Å². The molecule has 0 bridgehead atoms. The monoisotopic (exact) mass is 263 g/mol. The highest BCUT2D eigenvalue weighted by molar-refractivity contribution is 5.78. The van der Waals surface area contributed by atoms with Gasteiger partial charge in [0, 0.05) is 18.1 Å². The molecule has 0 saturated carbocycles. The average molecular weight is 263 g/mol. The summed E-state index contributed by atoms with van der Waals surface area (Å²) in [6.07, 6.45) is 1.86. The molecule has 100 valence electrons. The van der Waals surface area contributed by atoms with E-state index in [1.165, 1.54) is 5.56 Å². The third-order valence-corrected chi connectivity index (χ3v) is 3.42. The van der Waals surface area contributed by atoms with Gasteiger partial charge < -0.3 is 5.32 Å². The Morgan fingerprint density at radius 1 is 1.00 bits per heavy atom. The lowest BCUT2D eigenvalue weighted by atomic mass is 10.0. The lowest BCUT2D eigenvalue weighted by molar-refractivity contribution is 0.798. The summed E-state index contributed by atoms with van der Waals surface area (Å²) in [6, 6.07) is 18.5. The Kier molecular flexibility index (Phi) is 3.59. The van der Waals surface area contributed by atoms with E-state index in [1.54, 1.807) is 0 Å². The summed E-state index contributed by atoms with van der Waals surface area (Å²) in [5.74, 6) is 1.11. The van der Waals surface area contributed by atoms with Gasteiger partial charge in [0.1, 0.15) is 0 Å². The largest absolute Gasteiger partial charge is 0.354 e. The molecule has 0 aliphatic heterocycles. The predicted molar refractivity (Wildman–Crippen MR) is 82.9 cm³/mol. The molecular weight excluding hydrogens is 246 g/mol. The molecule has 2 aromatic carbocycles. The van der Waals surface area contributed by atoms with Crippen molar-refractivity contribution in [1.29, 1.82) is 0 Å². The molecular formula is C17H17N3. The molecule has 0 aliphatic carbocycles. The van der Waals surface area contributed by atoms with Crippen LogP contribution in [0.15, 0.2) is 60.8 Å². The molecule has 0 aliphatic rings. The number of nitrogens with one attached hydrogen (secondary N) is 1. The van der Waals surface area contributed by atoms with E-state index in [-0.39, 0.29) is 0 Å². The van der Waals surface area contributed by atoms with E-state index in [1.807, 2.05) is 36.5 Å². The second kappa shape index (κ2) is 5.70. The molecule has 1 aromatic heterocycles. The Labute approximate surface area is 118 Å². The molecule has 0 fully saturated rings. The third-order valence-electron chi connectivity index (χ3n) is 3.42. The second-order valence-corrected chi connectivity index (χ2v) is 4.95. The zero-order valence-electron chi connectivity index (χ0n) is 11.5. The van der Waals surface area contributed by atoms with Gasteiger partial charge >= 0.3 is 0 Å². The molecule has 3 rings (SSSR count). The highest BCUT2D eigenvalue weighted by Gasteiger charge is 2.05. The van der Waals surface area contributed by atoms with Crippen LogP contribution >= 0.6 is 0 Å². The van der Waals surface area contributed by atoms with Gasteiger partial charge in [0.15, 0.2) is 0 Å². The number of nitrogens with zero attached hydrogens (tertiary/aromatic N) is 2. The molecule has 0 amide bonds. The molecule has 3 heteroatoms. The van der Waals surface area contributed by atoms with Crippen molar-refractivity contribution in [2.75, 3.05) is 11.9 Å². The van der Waals surface area contributed by atoms with Crippen molar-refractivity contribution >= 4 is 16.9 Å². The molecule has 1 unspecified atom stereocenters. The number of para-hydroxylation sites is 1. The first-order chi connectivity index (χ1) is 9.83. The summed E-state index contributed by atoms with van der Waals surface area (Å²) in [7, 11) is 0. The molecule has 1 N–H and O–H groups in total. The fourth-order valence-electron chi connectivity index (χ4n) is 2.20. The zero-order chi connectivity index (χ0) is 13.8. The molecule has 3 nitrogen and oxygen atoms in total. The van der Waals surface area contributed by atoms with Gasteiger partial charge in [0.05, 0.1) is 5.52 Å². The Hall–Kier alpha value is -2.42. The Morgan fingerprint density at radius 3 is 2.60 bits per heavy atom. The van der Waals surface area contributed by atoms with Crippen LogP contribution in [0.5, 0.6) is 0 Å². The van der Waals surface area contributed by atoms with Crippen molar-refractivity contribution in [3.8, 4) is 0 Å². The summed E-state index contributed by atoms with van der Waals surface area (Å²) >= 11 is 0. The van der Waals surface area contributed by atoms with Crippen molar-refractivity contribution in [3.63, 3.8) is 0 Å². The molecule has 0 spiro atoms. The Balaban J connectivity index is 1.70. The minimum atomic E-state index is 0.422. The normalized spacial score (nSPS) is 12.2. The summed E-state index contributed by atoms with van der Waals surface area (Å²) < 4.78 is 0. The number of anilines is 1. The number of benzene rings is 2. The molecule has 3 aromatic rings. The van der Waals surface area contributed by atoms with Gasteiger partial charge in [-0.15, -0.1) is 0 Å². The lowest BCUT2D eigenvalue weighted by Crippen LogP contribution is -2.11. The van der Waals surface area contributed by atoms with Crippen molar-refractivity contribution < 1.29 is 0 Å². The van der Waals surface area contributed by atoms with Gasteiger partial charge in [-0.3, -0.25) is 0 Å². The van der Waals surface area contributed by atoms with Crippen LogP contribution in [0.3, 0.4) is 0 Å². The fraction of sp³-hybridized carbons (Fsp3) is 0.176. The number of rotatable bonds is 4. The minimum Gasteiger partial charge on any atom is -0.354 e. The third kappa shape index (κ3) is 2.77. The van der Waals surface area contributed by atoms with Crippen LogP contribution in [0.4, 0.5) is 5.95 Å². The maximum absolute atomic E-state index is 4.52. The topological polar surface area (TPSA) is 37.8 Å². The van der Waals surface area contributed by atoms with Crippen molar-refractivity contribution in [3.05, 3.63) is 66.4 Å². The number of hydrogen-bond donors (Lipinski definition) is 1. The number of hydrogen-bond acceptors (Lipinski definition) is 3.